The number of nitrogens with one attached hydrogen (secondary N) is 1. The molecule has 0 radical (unpaired) electrons. The van der Waals surface area contributed by atoms with Crippen molar-refractivity contribution in [2.45, 2.75) is 13.3 Å². The van der Waals surface area contributed by atoms with Crippen molar-refractivity contribution in [1.29, 1.82) is 0 Å². The highest BCUT2D eigenvalue weighted by Crippen LogP contribution is 2.13. The number of anilines is 1. The van der Waals surface area contributed by atoms with E-state index in [0.29, 0.717) is 10.6 Å². The average molecular weight is 247 g/mol. The lowest BCUT2D eigenvalue weighted by atomic mass is 10.1. The van der Waals surface area contributed by atoms with Crippen LogP contribution in [0.3, 0.4) is 0 Å². The maximum Gasteiger partial charge on any atom is 0.253 e. The van der Waals surface area contributed by atoms with Gasteiger partial charge in [0.1, 0.15) is 5.82 Å². The molecule has 1 aromatic carbocycles. The monoisotopic (exact) mass is 247 g/mol. The number of nitrogen functional groups attached to an aromatic ring is 1. The van der Waals surface area contributed by atoms with Gasteiger partial charge in [-0.25, -0.2) is 0 Å². The molecule has 4 nitrogen and oxygen atoms in total. The summed E-state index contributed by atoms with van der Waals surface area (Å²) in [6.07, 6.45) is 0.979. The first-order valence-corrected chi connectivity index (χ1v) is 5.74. The van der Waals surface area contributed by atoms with Crippen molar-refractivity contribution in [3.05, 3.63) is 51.0 Å². The van der Waals surface area contributed by atoms with Gasteiger partial charge in [-0.3, -0.25) is 14.3 Å². The molecule has 0 atom stereocenters. The fourth-order valence-electron chi connectivity index (χ4n) is 1.66. The van der Waals surface area contributed by atoms with E-state index in [9.17, 15) is 4.79 Å². The number of nitrogens with two attached hydrogens (primary N) is 1. The standard InChI is InChI=1S/C12H13N3OS/c1-2-8-3-5-9(6-4-8)15-10(13)7-11(16)14-12(15)17/h3-7H,2,13H2,1H3,(H,14,16,17). The zero-order valence-electron chi connectivity index (χ0n) is 9.43. The smallest absolute Gasteiger partial charge is 0.253 e. The van der Waals surface area contributed by atoms with E-state index in [-0.39, 0.29) is 5.56 Å². The van der Waals surface area contributed by atoms with Crippen molar-refractivity contribution in [2.24, 2.45) is 0 Å². The quantitative estimate of drug-likeness (QED) is 0.798. The molecule has 0 saturated carbocycles. The van der Waals surface area contributed by atoms with Crippen molar-refractivity contribution in [1.82, 2.24) is 9.55 Å². The molecule has 88 valence electrons. The number of H-pyrrole nitrogens is 1. The Kier molecular flexibility index (Phi) is 3.10. The number of aromatic nitrogens is 2. The maximum atomic E-state index is 11.2. The normalized spacial score (nSPS) is 10.4. The molecule has 0 bridgehead atoms. The highest BCUT2D eigenvalue weighted by Gasteiger charge is 2.02. The first-order chi connectivity index (χ1) is 8.11. The molecule has 0 aliphatic rings. The van der Waals surface area contributed by atoms with Gasteiger partial charge in [-0.05, 0) is 36.3 Å². The summed E-state index contributed by atoms with van der Waals surface area (Å²) >= 11 is 5.10. The van der Waals surface area contributed by atoms with Crippen molar-refractivity contribution in [2.75, 3.05) is 5.73 Å². The topological polar surface area (TPSA) is 63.8 Å². The van der Waals surface area contributed by atoms with E-state index in [1.54, 1.807) is 4.57 Å². The summed E-state index contributed by atoms with van der Waals surface area (Å²) < 4.78 is 1.94. The van der Waals surface area contributed by atoms with Gasteiger partial charge in [0.25, 0.3) is 5.56 Å². The van der Waals surface area contributed by atoms with Crippen LogP contribution in [0.5, 0.6) is 0 Å². The van der Waals surface area contributed by atoms with Gasteiger partial charge in [0, 0.05) is 11.8 Å². The molecule has 17 heavy (non-hydrogen) atoms. The Morgan fingerprint density at radius 1 is 1.35 bits per heavy atom. The molecule has 3 N–H and O–H groups in total. The maximum absolute atomic E-state index is 11.2. The summed E-state index contributed by atoms with van der Waals surface area (Å²) in [6, 6.07) is 9.22. The van der Waals surface area contributed by atoms with Gasteiger partial charge in [-0.1, -0.05) is 19.1 Å². The third kappa shape index (κ3) is 2.29. The fraction of sp³-hybridized carbons (Fsp3) is 0.167. The number of aryl methyl sites for hydroxylation is 1. The second-order valence-electron chi connectivity index (χ2n) is 3.72. The van der Waals surface area contributed by atoms with Crippen molar-refractivity contribution < 1.29 is 0 Å². The summed E-state index contributed by atoms with van der Waals surface area (Å²) in [7, 11) is 0. The van der Waals surface area contributed by atoms with Crippen LogP contribution in [0.25, 0.3) is 5.69 Å². The summed E-state index contributed by atoms with van der Waals surface area (Å²) in [4.78, 5) is 13.7. The molecule has 0 aliphatic carbocycles. The molecular formula is C12H13N3OS. The van der Waals surface area contributed by atoms with Gasteiger partial charge >= 0.3 is 0 Å². The van der Waals surface area contributed by atoms with E-state index in [1.165, 1.54) is 11.6 Å². The molecular weight excluding hydrogens is 234 g/mol. The number of hydrogen-bond donors (Lipinski definition) is 2. The van der Waals surface area contributed by atoms with Crippen LogP contribution in [0, 0.1) is 4.77 Å². The van der Waals surface area contributed by atoms with Gasteiger partial charge in [-0.2, -0.15) is 0 Å². The van der Waals surface area contributed by atoms with Gasteiger partial charge in [0.2, 0.25) is 0 Å². The second-order valence-corrected chi connectivity index (χ2v) is 4.11. The third-order valence-electron chi connectivity index (χ3n) is 2.57. The van der Waals surface area contributed by atoms with Crippen LogP contribution in [0.15, 0.2) is 35.1 Å². The molecule has 2 rings (SSSR count). The Labute approximate surface area is 104 Å². The van der Waals surface area contributed by atoms with E-state index in [0.717, 1.165) is 12.1 Å². The van der Waals surface area contributed by atoms with Gasteiger partial charge < -0.3 is 5.73 Å². The Balaban J connectivity index is 2.60. The van der Waals surface area contributed by atoms with Crippen LogP contribution in [-0.2, 0) is 6.42 Å². The average Bonchev–Trinajstić information content (AvgIpc) is 2.28. The second kappa shape index (κ2) is 4.55. The van der Waals surface area contributed by atoms with Crippen LogP contribution < -0.4 is 11.3 Å². The largest absolute Gasteiger partial charge is 0.385 e. The summed E-state index contributed by atoms with van der Waals surface area (Å²) in [5, 5.41) is 0. The number of rotatable bonds is 2. The number of nitrogens with zero attached hydrogens (tertiary/aromatic N) is 1. The molecule has 0 unspecified atom stereocenters. The van der Waals surface area contributed by atoms with Crippen molar-refractivity contribution >= 4 is 18.0 Å². The van der Waals surface area contributed by atoms with E-state index < -0.39 is 0 Å². The highest BCUT2D eigenvalue weighted by atomic mass is 32.1. The van der Waals surface area contributed by atoms with Crippen molar-refractivity contribution in [3.8, 4) is 5.69 Å². The van der Waals surface area contributed by atoms with Crippen LogP contribution in [0.2, 0.25) is 0 Å². The molecule has 2 aromatic rings. The lowest BCUT2D eigenvalue weighted by Crippen LogP contribution is -2.14. The summed E-state index contributed by atoms with van der Waals surface area (Å²) in [6.45, 7) is 2.09. The van der Waals surface area contributed by atoms with Gasteiger partial charge in [0.15, 0.2) is 4.77 Å². The predicted octanol–water partition coefficient (Wildman–Crippen LogP) is 2.04. The molecule has 0 aliphatic heterocycles. The van der Waals surface area contributed by atoms with Crippen LogP contribution >= 0.6 is 12.2 Å². The van der Waals surface area contributed by atoms with Crippen LogP contribution in [-0.4, -0.2) is 9.55 Å². The third-order valence-corrected chi connectivity index (χ3v) is 2.86. The van der Waals surface area contributed by atoms with Crippen LogP contribution in [0.4, 0.5) is 5.82 Å². The Morgan fingerprint density at radius 3 is 2.53 bits per heavy atom. The molecule has 0 spiro atoms. The van der Waals surface area contributed by atoms with E-state index >= 15 is 0 Å². The zero-order chi connectivity index (χ0) is 12.4. The number of aromatic amines is 1. The first kappa shape index (κ1) is 11.6. The Bertz CT molecular complexity index is 640. The Hall–Kier alpha value is -1.88. The Morgan fingerprint density at radius 2 is 2.00 bits per heavy atom. The van der Waals surface area contributed by atoms with Crippen LogP contribution in [0.1, 0.15) is 12.5 Å². The zero-order valence-corrected chi connectivity index (χ0v) is 10.3. The summed E-state index contributed by atoms with van der Waals surface area (Å²) in [5.41, 5.74) is 7.60. The van der Waals surface area contributed by atoms with E-state index in [2.05, 4.69) is 11.9 Å². The van der Waals surface area contributed by atoms with Gasteiger partial charge in [0.05, 0.1) is 0 Å². The highest BCUT2D eigenvalue weighted by molar-refractivity contribution is 7.71. The minimum Gasteiger partial charge on any atom is -0.385 e. The lowest BCUT2D eigenvalue weighted by molar-refractivity contribution is 0.948. The molecule has 5 heteroatoms. The minimum absolute atomic E-state index is 0.283. The molecule has 1 aromatic heterocycles. The molecule has 1 heterocycles. The molecule has 0 saturated heterocycles. The summed E-state index contributed by atoms with van der Waals surface area (Å²) in [5.74, 6) is 0.336. The predicted molar refractivity (Wildman–Crippen MR) is 71.0 cm³/mol. The number of benzene rings is 1. The van der Waals surface area contributed by atoms with E-state index in [1.807, 2.05) is 24.3 Å². The SMILES string of the molecule is CCc1ccc(-n2c(N)cc(=O)[nH]c2=S)cc1. The lowest BCUT2D eigenvalue weighted by Gasteiger charge is -2.10. The first-order valence-electron chi connectivity index (χ1n) is 5.33. The van der Waals surface area contributed by atoms with Crippen molar-refractivity contribution in [3.63, 3.8) is 0 Å². The molecule has 0 amide bonds. The fourth-order valence-corrected chi connectivity index (χ4v) is 1.97. The number of hydrogen-bond acceptors (Lipinski definition) is 3. The minimum atomic E-state index is -0.283. The van der Waals surface area contributed by atoms with Gasteiger partial charge in [-0.15, -0.1) is 0 Å². The molecule has 0 fully saturated rings. The van der Waals surface area contributed by atoms with E-state index in [4.69, 9.17) is 18.0 Å².